The molecule has 3 aromatic rings. The number of hydrogen-bond acceptors (Lipinski definition) is 3. The average molecular weight is 498 g/mol. The molecule has 1 saturated heterocycles. The lowest BCUT2D eigenvalue weighted by molar-refractivity contribution is 0.0653. The summed E-state index contributed by atoms with van der Waals surface area (Å²) in [6.07, 6.45) is 4.68. The van der Waals surface area contributed by atoms with E-state index in [0.29, 0.717) is 16.0 Å². The molecule has 6 nitrogen and oxygen atoms in total. The lowest BCUT2D eigenvalue weighted by atomic mass is 9.94. The van der Waals surface area contributed by atoms with Gasteiger partial charge < -0.3 is 9.47 Å². The van der Waals surface area contributed by atoms with Gasteiger partial charge >= 0.3 is 0 Å². The summed E-state index contributed by atoms with van der Waals surface area (Å²) < 4.78 is 25.5. The van der Waals surface area contributed by atoms with Gasteiger partial charge in [0.2, 0.25) is 10.0 Å². The second kappa shape index (κ2) is 8.26. The molecule has 1 amide bonds. The van der Waals surface area contributed by atoms with Crippen LogP contribution in [-0.2, 0) is 10.0 Å². The summed E-state index contributed by atoms with van der Waals surface area (Å²) in [5.74, 6) is 0.0658. The first-order valence-electron chi connectivity index (χ1n) is 11.5. The fourth-order valence-corrected chi connectivity index (χ4v) is 5.98. The molecule has 0 radical (unpaired) electrons. The molecule has 0 unspecified atom stereocenters. The molecule has 2 fully saturated rings. The normalized spacial score (nSPS) is 17.2. The van der Waals surface area contributed by atoms with Crippen LogP contribution in [0.1, 0.15) is 47.3 Å². The smallest absolute Gasteiger partial charge is 0.255 e. The van der Waals surface area contributed by atoms with E-state index < -0.39 is 10.0 Å². The highest BCUT2D eigenvalue weighted by molar-refractivity contribution is 7.89. The Morgan fingerprint density at radius 2 is 1.65 bits per heavy atom. The first-order valence-corrected chi connectivity index (χ1v) is 13.4. The number of nitrogens with two attached hydrogens (primary N) is 1. The average Bonchev–Trinajstić information content (AvgIpc) is 3.49. The fraction of sp³-hybridized carbons (Fsp3) is 0.346. The second-order valence-electron chi connectivity index (χ2n) is 9.65. The van der Waals surface area contributed by atoms with Gasteiger partial charge in [0.05, 0.1) is 16.2 Å². The zero-order chi connectivity index (χ0) is 24.3. The molecule has 8 heteroatoms. The molecule has 1 saturated carbocycles. The Kier molecular flexibility index (Phi) is 5.62. The van der Waals surface area contributed by atoms with Crippen molar-refractivity contribution in [2.75, 3.05) is 13.1 Å². The van der Waals surface area contributed by atoms with Gasteiger partial charge in [-0.1, -0.05) is 23.7 Å². The van der Waals surface area contributed by atoms with Crippen molar-refractivity contribution in [3.8, 4) is 16.9 Å². The van der Waals surface area contributed by atoms with Crippen LogP contribution in [-0.4, -0.2) is 36.9 Å². The first kappa shape index (κ1) is 23.1. The maximum Gasteiger partial charge on any atom is 0.255 e. The van der Waals surface area contributed by atoms with Crippen LogP contribution in [0.4, 0.5) is 0 Å². The van der Waals surface area contributed by atoms with Crippen LogP contribution in [0, 0.1) is 19.3 Å². The van der Waals surface area contributed by atoms with Crippen LogP contribution in [0.3, 0.4) is 0 Å². The topological polar surface area (TPSA) is 85.4 Å². The monoisotopic (exact) mass is 497 g/mol. The van der Waals surface area contributed by atoms with Gasteiger partial charge in [0.25, 0.3) is 5.91 Å². The van der Waals surface area contributed by atoms with Gasteiger partial charge in [-0.2, -0.15) is 0 Å². The number of piperidine rings is 1. The maximum absolute atomic E-state index is 13.8. The van der Waals surface area contributed by atoms with E-state index in [2.05, 4.69) is 0 Å². The van der Waals surface area contributed by atoms with Crippen LogP contribution >= 0.6 is 11.6 Å². The van der Waals surface area contributed by atoms with Gasteiger partial charge in [-0.25, -0.2) is 13.6 Å². The summed E-state index contributed by atoms with van der Waals surface area (Å²) in [6.45, 7) is 5.54. The van der Waals surface area contributed by atoms with E-state index >= 15 is 0 Å². The van der Waals surface area contributed by atoms with Crippen molar-refractivity contribution in [3.63, 3.8) is 0 Å². The summed E-state index contributed by atoms with van der Waals surface area (Å²) in [5, 5.41) is 5.92. The summed E-state index contributed by atoms with van der Waals surface area (Å²) in [7, 11) is -3.80. The van der Waals surface area contributed by atoms with Crippen LogP contribution in [0.2, 0.25) is 5.02 Å². The lowest BCUT2D eigenvalue weighted by Crippen LogP contribution is -2.41. The molecule has 1 aliphatic carbocycles. The number of nitrogens with zero attached hydrogens (tertiary/aromatic N) is 2. The van der Waals surface area contributed by atoms with Crippen LogP contribution in [0.5, 0.6) is 0 Å². The molecule has 2 aliphatic rings. The van der Waals surface area contributed by atoms with Crippen molar-refractivity contribution in [2.45, 2.75) is 44.4 Å². The molecule has 0 atom stereocenters. The molecule has 5 rings (SSSR count). The van der Waals surface area contributed by atoms with Gasteiger partial charge in [-0.15, -0.1) is 0 Å². The van der Waals surface area contributed by atoms with Crippen molar-refractivity contribution in [1.82, 2.24) is 9.47 Å². The summed E-state index contributed by atoms with van der Waals surface area (Å²) in [4.78, 5) is 15.9. The number of aromatic nitrogens is 1. The first-order chi connectivity index (χ1) is 16.1. The molecular formula is C26H28ClN3O3S. The molecule has 1 aromatic heterocycles. The quantitative estimate of drug-likeness (QED) is 0.545. The third-order valence-corrected chi connectivity index (χ3v) is 8.49. The molecule has 34 heavy (non-hydrogen) atoms. The third-order valence-electron chi connectivity index (χ3n) is 7.31. The standard InChI is InChI=1S/C26H28ClN3O3S/c1-17-23(25(31)29-15-3-12-26(16-29)13-14-26)18(2)30(24(17)19-4-6-20(27)7-5-19)21-8-10-22(11-9-21)34(28,32)33/h4-11H,3,12-16H2,1-2H3,(H2,28,32,33). The Morgan fingerprint density at radius 1 is 1.00 bits per heavy atom. The predicted octanol–water partition coefficient (Wildman–Crippen LogP) is 5.08. The van der Waals surface area contributed by atoms with E-state index in [-0.39, 0.29) is 10.8 Å². The Morgan fingerprint density at radius 3 is 2.24 bits per heavy atom. The Balaban J connectivity index is 1.65. The van der Waals surface area contributed by atoms with Gasteiger partial charge in [0, 0.05) is 29.5 Å². The molecule has 1 spiro atoms. The largest absolute Gasteiger partial charge is 0.338 e. The number of benzene rings is 2. The van der Waals surface area contributed by atoms with E-state index in [1.165, 1.54) is 31.4 Å². The number of halogens is 1. The van der Waals surface area contributed by atoms with Crippen molar-refractivity contribution >= 4 is 27.5 Å². The molecule has 178 valence electrons. The Bertz CT molecular complexity index is 1370. The van der Waals surface area contributed by atoms with E-state index in [9.17, 15) is 13.2 Å². The highest BCUT2D eigenvalue weighted by Crippen LogP contribution is 2.52. The van der Waals surface area contributed by atoms with Crippen LogP contribution < -0.4 is 5.14 Å². The number of rotatable bonds is 4. The lowest BCUT2D eigenvalue weighted by Gasteiger charge is -2.33. The minimum atomic E-state index is -3.80. The SMILES string of the molecule is Cc1c(C(=O)N2CCCC3(CC3)C2)c(C)n(-c2ccc(S(N)(=O)=O)cc2)c1-c1ccc(Cl)cc1. The number of amides is 1. The zero-order valence-electron chi connectivity index (χ0n) is 19.3. The van der Waals surface area contributed by atoms with Gasteiger partial charge in [-0.05, 0) is 92.5 Å². The highest BCUT2D eigenvalue weighted by atomic mass is 35.5. The molecule has 2 N–H and O–H groups in total. The predicted molar refractivity (Wildman–Crippen MR) is 134 cm³/mol. The van der Waals surface area contributed by atoms with E-state index in [4.69, 9.17) is 16.7 Å². The van der Waals surface area contributed by atoms with E-state index in [1.807, 2.05) is 47.6 Å². The number of likely N-dealkylation sites (tertiary alicyclic amines) is 1. The van der Waals surface area contributed by atoms with Crippen molar-refractivity contribution in [3.05, 3.63) is 70.4 Å². The minimum Gasteiger partial charge on any atom is -0.338 e. The number of hydrogen-bond donors (Lipinski definition) is 1. The van der Waals surface area contributed by atoms with E-state index in [0.717, 1.165) is 47.7 Å². The summed E-state index contributed by atoms with van der Waals surface area (Å²) in [6, 6.07) is 14.0. The number of primary sulfonamides is 1. The van der Waals surface area contributed by atoms with Crippen LogP contribution in [0.25, 0.3) is 16.9 Å². The van der Waals surface area contributed by atoms with Gasteiger partial charge in [0.15, 0.2) is 0 Å². The number of carbonyl (C=O) groups is 1. The molecule has 2 heterocycles. The van der Waals surface area contributed by atoms with Crippen LogP contribution in [0.15, 0.2) is 53.4 Å². The number of sulfonamides is 1. The highest BCUT2D eigenvalue weighted by Gasteiger charge is 2.46. The van der Waals surface area contributed by atoms with Gasteiger partial charge in [-0.3, -0.25) is 4.79 Å². The molecule has 1 aliphatic heterocycles. The van der Waals surface area contributed by atoms with E-state index in [1.54, 1.807) is 12.1 Å². The molecule has 2 aromatic carbocycles. The Hall–Kier alpha value is -2.61. The maximum atomic E-state index is 13.8. The number of carbonyl (C=O) groups excluding carboxylic acids is 1. The summed E-state index contributed by atoms with van der Waals surface area (Å²) in [5.41, 5.74) is 5.34. The third kappa shape index (κ3) is 4.06. The molecule has 0 bridgehead atoms. The zero-order valence-corrected chi connectivity index (χ0v) is 20.9. The van der Waals surface area contributed by atoms with Crippen molar-refractivity contribution < 1.29 is 13.2 Å². The molecular weight excluding hydrogens is 470 g/mol. The van der Waals surface area contributed by atoms with Gasteiger partial charge in [0.1, 0.15) is 0 Å². The fourth-order valence-electron chi connectivity index (χ4n) is 5.34. The minimum absolute atomic E-state index is 0.0465. The van der Waals surface area contributed by atoms with Crippen molar-refractivity contribution in [1.29, 1.82) is 0 Å². The summed E-state index contributed by atoms with van der Waals surface area (Å²) >= 11 is 6.14. The Labute approximate surface area is 205 Å². The van der Waals surface area contributed by atoms with Crippen molar-refractivity contribution in [2.24, 2.45) is 10.6 Å². The second-order valence-corrected chi connectivity index (χ2v) is 11.6.